The molecule has 1 amide bonds. The van der Waals surface area contributed by atoms with Crippen molar-refractivity contribution in [1.29, 1.82) is 0 Å². The number of amides is 1. The van der Waals surface area contributed by atoms with Gasteiger partial charge in [-0.3, -0.25) is 9.48 Å². The van der Waals surface area contributed by atoms with Crippen LogP contribution in [0, 0.1) is 6.92 Å². The minimum absolute atomic E-state index is 0.147. The average Bonchev–Trinajstić information content (AvgIpc) is 3.16. The van der Waals surface area contributed by atoms with Gasteiger partial charge in [-0.05, 0) is 69.3 Å². The van der Waals surface area contributed by atoms with E-state index < -0.39 is 0 Å². The number of aryl methyl sites for hydroxylation is 1. The van der Waals surface area contributed by atoms with Crippen LogP contribution in [0.1, 0.15) is 35.5 Å². The third-order valence-corrected chi connectivity index (χ3v) is 5.91. The minimum atomic E-state index is -0.147. The van der Waals surface area contributed by atoms with Crippen LogP contribution < -0.4 is 10.1 Å². The Balaban J connectivity index is 1.69. The number of nitrogens with zero attached hydrogens (tertiary/aromatic N) is 3. The number of halogens is 1. The summed E-state index contributed by atoms with van der Waals surface area (Å²) >= 11 is 3.51. The fraction of sp³-hybridized carbons (Fsp3) is 0.240. The standard InChI is InChI=1S/C25H25BrN4O2/c1-4-30-16(3)18(15-28-30)14-27-25(31)22-13-24(17-6-9-20(10-7-17)32-5-2)29-23-11-8-19(26)12-21(22)23/h6-13,15H,4-5,14H2,1-3H3,(H,27,31). The summed E-state index contributed by atoms with van der Waals surface area (Å²) in [7, 11) is 0. The Hall–Kier alpha value is -3.19. The van der Waals surface area contributed by atoms with E-state index in [1.165, 1.54) is 0 Å². The smallest absolute Gasteiger partial charge is 0.252 e. The van der Waals surface area contributed by atoms with Crippen LogP contribution in [0.5, 0.6) is 5.75 Å². The molecule has 0 atom stereocenters. The number of hydrogen-bond donors (Lipinski definition) is 1. The van der Waals surface area contributed by atoms with E-state index in [1.54, 1.807) is 0 Å². The van der Waals surface area contributed by atoms with Crippen LogP contribution in [0.3, 0.4) is 0 Å². The number of aromatic nitrogens is 3. The highest BCUT2D eigenvalue weighted by atomic mass is 79.9. The van der Waals surface area contributed by atoms with E-state index in [9.17, 15) is 4.79 Å². The lowest BCUT2D eigenvalue weighted by Crippen LogP contribution is -2.23. The van der Waals surface area contributed by atoms with Gasteiger partial charge in [0.2, 0.25) is 0 Å². The quantitative estimate of drug-likeness (QED) is 0.368. The largest absolute Gasteiger partial charge is 0.494 e. The molecule has 0 bridgehead atoms. The van der Waals surface area contributed by atoms with Crippen molar-refractivity contribution >= 4 is 32.7 Å². The highest BCUT2D eigenvalue weighted by Gasteiger charge is 2.16. The number of pyridine rings is 1. The number of fused-ring (bicyclic) bond motifs is 1. The maximum absolute atomic E-state index is 13.3. The first-order valence-electron chi connectivity index (χ1n) is 10.6. The number of benzene rings is 2. The van der Waals surface area contributed by atoms with Crippen LogP contribution in [0.4, 0.5) is 0 Å². The van der Waals surface area contributed by atoms with Crippen molar-refractivity contribution in [3.8, 4) is 17.0 Å². The number of carbonyl (C=O) groups is 1. The molecule has 0 aliphatic carbocycles. The number of carbonyl (C=O) groups excluding carboxylic acids is 1. The second-order valence-electron chi connectivity index (χ2n) is 7.43. The van der Waals surface area contributed by atoms with Gasteiger partial charge in [0.1, 0.15) is 5.75 Å². The zero-order valence-electron chi connectivity index (χ0n) is 18.4. The Labute approximate surface area is 195 Å². The molecule has 0 radical (unpaired) electrons. The van der Waals surface area contributed by atoms with Crippen molar-refractivity contribution in [3.05, 3.63) is 76.0 Å². The molecular formula is C25H25BrN4O2. The van der Waals surface area contributed by atoms with Crippen molar-refractivity contribution in [2.75, 3.05) is 6.61 Å². The third-order valence-electron chi connectivity index (χ3n) is 5.42. The molecule has 2 aromatic carbocycles. The van der Waals surface area contributed by atoms with E-state index in [0.29, 0.717) is 18.7 Å². The molecule has 4 aromatic rings. The van der Waals surface area contributed by atoms with Gasteiger partial charge in [-0.15, -0.1) is 0 Å². The average molecular weight is 493 g/mol. The fourth-order valence-corrected chi connectivity index (χ4v) is 4.03. The molecule has 2 heterocycles. The van der Waals surface area contributed by atoms with E-state index in [4.69, 9.17) is 9.72 Å². The lowest BCUT2D eigenvalue weighted by atomic mass is 10.0. The molecule has 7 heteroatoms. The topological polar surface area (TPSA) is 69.0 Å². The normalized spacial score (nSPS) is 11.0. The molecule has 164 valence electrons. The van der Waals surface area contributed by atoms with E-state index >= 15 is 0 Å². The monoisotopic (exact) mass is 492 g/mol. The van der Waals surface area contributed by atoms with Crippen LogP contribution in [-0.4, -0.2) is 27.3 Å². The second kappa shape index (κ2) is 9.53. The molecule has 0 unspecified atom stereocenters. The SMILES string of the molecule is CCOc1ccc(-c2cc(C(=O)NCc3cnn(CC)c3C)c3cc(Br)ccc3n2)cc1. The van der Waals surface area contributed by atoms with E-state index in [2.05, 4.69) is 26.3 Å². The van der Waals surface area contributed by atoms with Crippen LogP contribution in [-0.2, 0) is 13.1 Å². The van der Waals surface area contributed by atoms with Gasteiger partial charge in [-0.1, -0.05) is 15.9 Å². The summed E-state index contributed by atoms with van der Waals surface area (Å²) in [4.78, 5) is 18.0. The summed E-state index contributed by atoms with van der Waals surface area (Å²) in [5.74, 6) is 0.660. The van der Waals surface area contributed by atoms with Crippen LogP contribution in [0.25, 0.3) is 22.2 Å². The molecule has 4 rings (SSSR count). The Morgan fingerprint density at radius 2 is 1.91 bits per heavy atom. The van der Waals surface area contributed by atoms with Gasteiger partial charge in [0.05, 0.1) is 29.6 Å². The maximum atomic E-state index is 13.3. The molecular weight excluding hydrogens is 468 g/mol. The molecule has 0 fully saturated rings. The van der Waals surface area contributed by atoms with Gasteiger partial charge in [0.15, 0.2) is 0 Å². The van der Waals surface area contributed by atoms with E-state index in [0.717, 1.165) is 50.2 Å². The van der Waals surface area contributed by atoms with Gasteiger partial charge in [0, 0.05) is 39.8 Å². The lowest BCUT2D eigenvalue weighted by molar-refractivity contribution is 0.0952. The number of ether oxygens (including phenoxy) is 1. The molecule has 32 heavy (non-hydrogen) atoms. The van der Waals surface area contributed by atoms with Gasteiger partial charge in [0.25, 0.3) is 5.91 Å². The molecule has 0 saturated heterocycles. The summed E-state index contributed by atoms with van der Waals surface area (Å²) in [5.41, 5.74) is 5.08. The molecule has 1 N–H and O–H groups in total. The van der Waals surface area contributed by atoms with Gasteiger partial charge in [-0.25, -0.2) is 4.98 Å². The first-order valence-corrected chi connectivity index (χ1v) is 11.4. The summed E-state index contributed by atoms with van der Waals surface area (Å²) in [6.45, 7) is 7.85. The minimum Gasteiger partial charge on any atom is -0.494 e. The van der Waals surface area contributed by atoms with Crippen LogP contribution >= 0.6 is 15.9 Å². The van der Waals surface area contributed by atoms with Crippen molar-refractivity contribution < 1.29 is 9.53 Å². The summed E-state index contributed by atoms with van der Waals surface area (Å²) < 4.78 is 8.36. The zero-order valence-corrected chi connectivity index (χ0v) is 19.9. The molecule has 6 nitrogen and oxygen atoms in total. The van der Waals surface area contributed by atoms with E-state index in [1.807, 2.05) is 80.2 Å². The number of nitrogens with one attached hydrogen (secondary N) is 1. The van der Waals surface area contributed by atoms with Crippen molar-refractivity contribution in [2.24, 2.45) is 0 Å². The second-order valence-corrected chi connectivity index (χ2v) is 8.34. The molecule has 2 aromatic heterocycles. The predicted octanol–water partition coefficient (Wildman–Crippen LogP) is 5.52. The number of rotatable bonds is 7. The first kappa shape index (κ1) is 22.0. The summed E-state index contributed by atoms with van der Waals surface area (Å²) in [5, 5.41) is 8.21. The van der Waals surface area contributed by atoms with Gasteiger partial charge < -0.3 is 10.1 Å². The van der Waals surface area contributed by atoms with Crippen molar-refractivity contribution in [1.82, 2.24) is 20.1 Å². The van der Waals surface area contributed by atoms with Crippen molar-refractivity contribution in [3.63, 3.8) is 0 Å². The Kier molecular flexibility index (Phi) is 6.55. The molecule has 0 aliphatic heterocycles. The highest BCUT2D eigenvalue weighted by Crippen LogP contribution is 2.28. The van der Waals surface area contributed by atoms with Gasteiger partial charge in [-0.2, -0.15) is 5.10 Å². The Bertz CT molecular complexity index is 1270. The van der Waals surface area contributed by atoms with Crippen LogP contribution in [0.15, 0.2) is 59.2 Å². The van der Waals surface area contributed by atoms with E-state index in [-0.39, 0.29) is 5.91 Å². The molecule has 0 spiro atoms. The third kappa shape index (κ3) is 4.53. The van der Waals surface area contributed by atoms with Gasteiger partial charge >= 0.3 is 0 Å². The summed E-state index contributed by atoms with van der Waals surface area (Å²) in [6.07, 6.45) is 1.81. The maximum Gasteiger partial charge on any atom is 0.252 e. The molecule has 0 aliphatic rings. The Morgan fingerprint density at radius 3 is 2.59 bits per heavy atom. The summed E-state index contributed by atoms with van der Waals surface area (Å²) in [6, 6.07) is 15.4. The Morgan fingerprint density at radius 1 is 1.12 bits per heavy atom. The fourth-order valence-electron chi connectivity index (χ4n) is 3.67. The zero-order chi connectivity index (χ0) is 22.7. The molecule has 0 saturated carbocycles. The van der Waals surface area contributed by atoms with Crippen molar-refractivity contribution in [2.45, 2.75) is 33.9 Å². The predicted molar refractivity (Wildman–Crippen MR) is 130 cm³/mol. The first-order chi connectivity index (χ1) is 15.5. The highest BCUT2D eigenvalue weighted by molar-refractivity contribution is 9.10. The van der Waals surface area contributed by atoms with Crippen LogP contribution in [0.2, 0.25) is 0 Å². The lowest BCUT2D eigenvalue weighted by Gasteiger charge is -2.12. The number of hydrogen-bond acceptors (Lipinski definition) is 4.